The highest BCUT2D eigenvalue weighted by molar-refractivity contribution is 5.88. The van der Waals surface area contributed by atoms with Gasteiger partial charge in [0.1, 0.15) is 5.76 Å². The molecule has 0 aromatic heterocycles. The maximum atomic E-state index is 11.8. The van der Waals surface area contributed by atoms with Crippen molar-refractivity contribution in [2.45, 2.75) is 0 Å². The predicted molar refractivity (Wildman–Crippen MR) is 43.2 cm³/mol. The van der Waals surface area contributed by atoms with Crippen LogP contribution in [0.5, 0.6) is 0 Å². The van der Waals surface area contributed by atoms with Crippen molar-refractivity contribution in [3.63, 3.8) is 0 Å². The molecule has 12 heavy (non-hydrogen) atoms. The van der Waals surface area contributed by atoms with Crippen molar-refractivity contribution in [1.82, 2.24) is 0 Å². The summed E-state index contributed by atoms with van der Waals surface area (Å²) in [5.74, 6) is -0.358. The van der Waals surface area contributed by atoms with Gasteiger partial charge in [-0.05, 0) is 0 Å². The Morgan fingerprint density at radius 3 is 2.42 bits per heavy atom. The lowest BCUT2D eigenvalue weighted by atomic mass is 10.2. The van der Waals surface area contributed by atoms with Crippen LogP contribution in [0.2, 0.25) is 0 Å². The minimum atomic E-state index is -1.66. The Balaban J connectivity index is 2.93. The molecule has 0 saturated heterocycles. The number of hydrogen-bond donors (Lipinski definition) is 1. The van der Waals surface area contributed by atoms with Crippen LogP contribution in [0.25, 0.3) is 5.76 Å². The van der Waals surface area contributed by atoms with E-state index in [9.17, 15) is 9.18 Å². The molecule has 0 aliphatic carbocycles. The predicted octanol–water partition coefficient (Wildman–Crippen LogP) is 2.08. The summed E-state index contributed by atoms with van der Waals surface area (Å²) in [6.07, 6.45) is 0.537. The third kappa shape index (κ3) is 2.20. The van der Waals surface area contributed by atoms with Crippen molar-refractivity contribution in [2.24, 2.45) is 0 Å². The second kappa shape index (κ2) is 3.67. The summed E-state index contributed by atoms with van der Waals surface area (Å²) in [6, 6.07) is 6.62. The number of aliphatic hydroxyl groups is 1. The van der Waals surface area contributed by atoms with E-state index in [4.69, 9.17) is 5.11 Å². The summed E-state index contributed by atoms with van der Waals surface area (Å²) >= 11 is 0. The number of benzene rings is 1. The van der Waals surface area contributed by atoms with Crippen molar-refractivity contribution >= 4 is 11.8 Å². The molecular weight excluding hydrogens is 159 g/mol. The normalized spacial score (nSPS) is 11.2. The fraction of sp³-hybridized carbons (Fsp3) is 0. The molecule has 0 amide bonds. The summed E-state index contributed by atoms with van der Waals surface area (Å²) in [6.45, 7) is 0. The van der Waals surface area contributed by atoms with Gasteiger partial charge in [-0.3, -0.25) is 4.79 Å². The van der Waals surface area contributed by atoms with Crippen LogP contribution >= 0.6 is 0 Å². The molecule has 0 fully saturated rings. The molecular formula is C9H7FO2. The van der Waals surface area contributed by atoms with Gasteiger partial charge in [0.2, 0.25) is 0 Å². The topological polar surface area (TPSA) is 37.3 Å². The Morgan fingerprint density at radius 1 is 1.33 bits per heavy atom. The maximum absolute atomic E-state index is 11.8. The molecule has 0 unspecified atom stereocenters. The molecule has 0 aliphatic rings. The average Bonchev–Trinajstić information content (AvgIpc) is 2.05. The Hall–Kier alpha value is -1.64. The lowest BCUT2D eigenvalue weighted by Crippen LogP contribution is -1.86. The fourth-order valence-electron chi connectivity index (χ4n) is 0.800. The van der Waals surface area contributed by atoms with Gasteiger partial charge in [-0.15, -0.1) is 0 Å². The summed E-state index contributed by atoms with van der Waals surface area (Å²) in [4.78, 5) is 9.92. The standard InChI is InChI=1S/C9H7FO2/c10-9(12)6-8(11)7-4-2-1-3-5-7/h1-6,11H/b8-6-. The van der Waals surface area contributed by atoms with Gasteiger partial charge in [-0.2, -0.15) is 4.39 Å². The van der Waals surface area contributed by atoms with E-state index >= 15 is 0 Å². The second-order valence-corrected chi connectivity index (χ2v) is 2.20. The van der Waals surface area contributed by atoms with E-state index in [2.05, 4.69) is 0 Å². The minimum Gasteiger partial charge on any atom is -0.507 e. The van der Waals surface area contributed by atoms with E-state index < -0.39 is 6.04 Å². The molecule has 0 spiro atoms. The summed E-state index contributed by atoms with van der Waals surface area (Å²) in [5.41, 5.74) is 0.420. The maximum Gasteiger partial charge on any atom is 0.328 e. The largest absolute Gasteiger partial charge is 0.507 e. The number of carbonyl (C=O) groups is 1. The number of rotatable bonds is 2. The molecule has 1 N–H and O–H groups in total. The van der Waals surface area contributed by atoms with E-state index in [0.29, 0.717) is 11.6 Å². The molecule has 1 aromatic rings. The van der Waals surface area contributed by atoms with E-state index in [0.717, 1.165) is 0 Å². The Labute approximate surface area is 69.0 Å². The van der Waals surface area contributed by atoms with E-state index in [1.165, 1.54) is 0 Å². The van der Waals surface area contributed by atoms with E-state index in [1.54, 1.807) is 30.3 Å². The number of hydrogen-bond acceptors (Lipinski definition) is 2. The monoisotopic (exact) mass is 166 g/mol. The highest BCUT2D eigenvalue weighted by Gasteiger charge is 1.99. The van der Waals surface area contributed by atoms with Crippen LogP contribution in [0, 0.1) is 0 Å². The van der Waals surface area contributed by atoms with E-state index in [-0.39, 0.29) is 5.76 Å². The van der Waals surface area contributed by atoms with Gasteiger partial charge in [-0.25, -0.2) is 0 Å². The van der Waals surface area contributed by atoms with E-state index in [1.807, 2.05) is 0 Å². The average molecular weight is 166 g/mol. The van der Waals surface area contributed by atoms with Crippen LogP contribution in [0.4, 0.5) is 4.39 Å². The van der Waals surface area contributed by atoms with Crippen LogP contribution in [0.15, 0.2) is 36.4 Å². The van der Waals surface area contributed by atoms with Gasteiger partial charge < -0.3 is 5.11 Å². The SMILES string of the molecule is O=C(F)/C=C(\O)c1ccccc1. The molecule has 2 nitrogen and oxygen atoms in total. The lowest BCUT2D eigenvalue weighted by Gasteiger charge is -1.96. The smallest absolute Gasteiger partial charge is 0.328 e. The van der Waals surface area contributed by atoms with Crippen molar-refractivity contribution in [3.05, 3.63) is 42.0 Å². The van der Waals surface area contributed by atoms with Crippen molar-refractivity contribution in [2.75, 3.05) is 0 Å². The fourth-order valence-corrected chi connectivity index (χ4v) is 0.800. The van der Waals surface area contributed by atoms with Gasteiger partial charge in [0.25, 0.3) is 0 Å². The van der Waals surface area contributed by atoms with Crippen LogP contribution in [-0.4, -0.2) is 11.1 Å². The molecule has 0 radical (unpaired) electrons. The third-order valence-electron chi connectivity index (χ3n) is 1.32. The van der Waals surface area contributed by atoms with Crippen molar-refractivity contribution in [3.8, 4) is 0 Å². The van der Waals surface area contributed by atoms with Crippen LogP contribution < -0.4 is 0 Å². The van der Waals surface area contributed by atoms with Crippen LogP contribution in [-0.2, 0) is 4.79 Å². The van der Waals surface area contributed by atoms with Gasteiger partial charge in [0.05, 0.1) is 6.08 Å². The molecule has 1 rings (SSSR count). The van der Waals surface area contributed by atoms with Gasteiger partial charge in [-0.1, -0.05) is 30.3 Å². The first-order chi connectivity index (χ1) is 5.70. The first-order valence-electron chi connectivity index (χ1n) is 3.35. The minimum absolute atomic E-state index is 0.358. The zero-order chi connectivity index (χ0) is 8.97. The van der Waals surface area contributed by atoms with Crippen molar-refractivity contribution < 1.29 is 14.3 Å². The molecule has 0 saturated carbocycles. The highest BCUT2D eigenvalue weighted by Crippen LogP contribution is 2.09. The molecule has 0 heterocycles. The summed E-state index contributed by atoms with van der Waals surface area (Å²) < 4.78 is 11.8. The molecule has 3 heteroatoms. The molecule has 0 bridgehead atoms. The van der Waals surface area contributed by atoms with Gasteiger partial charge in [0, 0.05) is 5.56 Å². The number of carbonyl (C=O) groups excluding carboxylic acids is 1. The van der Waals surface area contributed by atoms with Crippen LogP contribution in [0.1, 0.15) is 5.56 Å². The summed E-state index contributed by atoms with van der Waals surface area (Å²) in [7, 11) is 0. The lowest BCUT2D eigenvalue weighted by molar-refractivity contribution is -0.124. The molecule has 0 atom stereocenters. The van der Waals surface area contributed by atoms with Gasteiger partial charge >= 0.3 is 6.04 Å². The first-order valence-corrected chi connectivity index (χ1v) is 3.35. The number of aliphatic hydroxyl groups excluding tert-OH is 1. The second-order valence-electron chi connectivity index (χ2n) is 2.20. The quantitative estimate of drug-likeness (QED) is 0.415. The Bertz CT molecular complexity index is 304. The summed E-state index contributed by atoms with van der Waals surface area (Å²) in [5, 5.41) is 9.09. The number of halogens is 1. The first kappa shape index (κ1) is 8.46. The Morgan fingerprint density at radius 2 is 1.92 bits per heavy atom. The number of allylic oxidation sites excluding steroid dienone is 1. The zero-order valence-corrected chi connectivity index (χ0v) is 6.20. The molecule has 1 aromatic carbocycles. The van der Waals surface area contributed by atoms with Crippen LogP contribution in [0.3, 0.4) is 0 Å². The Kier molecular flexibility index (Phi) is 2.58. The third-order valence-corrected chi connectivity index (χ3v) is 1.32. The zero-order valence-electron chi connectivity index (χ0n) is 6.20. The van der Waals surface area contributed by atoms with Crippen molar-refractivity contribution in [1.29, 1.82) is 0 Å². The highest BCUT2D eigenvalue weighted by atomic mass is 19.1. The van der Waals surface area contributed by atoms with Gasteiger partial charge in [0.15, 0.2) is 0 Å². The molecule has 0 aliphatic heterocycles. The molecule has 62 valence electrons.